The van der Waals surface area contributed by atoms with Gasteiger partial charge in [-0.15, -0.1) is 0 Å². The van der Waals surface area contributed by atoms with Gasteiger partial charge in [0.2, 0.25) is 0 Å². The number of rotatable bonds is 17. The van der Waals surface area contributed by atoms with Crippen LogP contribution >= 0.6 is 28.6 Å². The zero-order chi connectivity index (χ0) is 16.5. The molecule has 0 bridgehead atoms. The molecule has 0 N–H and O–H groups in total. The Kier molecular flexibility index (Phi) is 17.2. The first-order valence-electron chi connectivity index (χ1n) is 9.20. The Hall–Kier alpha value is 0.770. The highest BCUT2D eigenvalue weighted by Gasteiger charge is 2.12. The van der Waals surface area contributed by atoms with Crippen LogP contribution in [0.15, 0.2) is 0 Å². The van der Waals surface area contributed by atoms with Crippen molar-refractivity contribution in [2.45, 2.75) is 103 Å². The molecule has 0 aromatic heterocycles. The summed E-state index contributed by atoms with van der Waals surface area (Å²) in [5.74, 6) is 0. The zero-order valence-electron chi connectivity index (χ0n) is 14.3. The summed E-state index contributed by atoms with van der Waals surface area (Å²) in [6, 6.07) is 0. The molecule has 0 saturated heterocycles. The van der Waals surface area contributed by atoms with Crippen LogP contribution in [0.1, 0.15) is 103 Å². The fourth-order valence-corrected chi connectivity index (χ4v) is 3.40. The van der Waals surface area contributed by atoms with Gasteiger partial charge in [-0.25, -0.2) is 0 Å². The molecule has 0 aliphatic carbocycles. The predicted octanol–water partition coefficient (Wildman–Crippen LogP) is 8.46. The topological polar surface area (TPSA) is 26.3 Å². The Morgan fingerprint density at radius 1 is 0.636 bits per heavy atom. The number of halogens is 2. The van der Waals surface area contributed by atoms with E-state index in [1.54, 1.807) is 0 Å². The molecule has 0 radical (unpaired) electrons. The third-order valence-electron chi connectivity index (χ3n) is 3.99. The van der Waals surface area contributed by atoms with Crippen LogP contribution in [0.3, 0.4) is 0 Å². The minimum atomic E-state index is -3.31. The smallest absolute Gasteiger partial charge is 0.306 e. The lowest BCUT2D eigenvalue weighted by molar-refractivity contribution is 0.320. The van der Waals surface area contributed by atoms with E-state index in [0.29, 0.717) is 6.61 Å². The van der Waals surface area contributed by atoms with E-state index in [2.05, 4.69) is 6.92 Å². The van der Waals surface area contributed by atoms with Gasteiger partial charge in [-0.3, -0.25) is 4.57 Å². The van der Waals surface area contributed by atoms with Gasteiger partial charge in [0.05, 0.1) is 6.61 Å². The molecule has 0 aliphatic rings. The maximum absolute atomic E-state index is 10.9. The van der Waals surface area contributed by atoms with E-state index in [1.807, 2.05) is 0 Å². The van der Waals surface area contributed by atoms with Crippen LogP contribution in [0.25, 0.3) is 0 Å². The fourth-order valence-electron chi connectivity index (χ4n) is 2.64. The van der Waals surface area contributed by atoms with Crippen LogP contribution in [0, 0.1) is 0 Å². The second-order valence-corrected chi connectivity index (χ2v) is 10.5. The predicted molar refractivity (Wildman–Crippen MR) is 100 cm³/mol. The number of hydrogen-bond donors (Lipinski definition) is 0. The largest absolute Gasteiger partial charge is 0.380 e. The maximum atomic E-state index is 10.9. The number of unbranched alkanes of at least 4 members (excludes halogenated alkanes) is 14. The molecule has 134 valence electrons. The zero-order valence-corrected chi connectivity index (χ0v) is 16.7. The molecule has 0 atom stereocenters. The van der Waals surface area contributed by atoms with E-state index < -0.39 is 6.07 Å². The molecule has 0 aromatic carbocycles. The highest BCUT2D eigenvalue weighted by Crippen LogP contribution is 2.57. The second-order valence-electron chi connectivity index (χ2n) is 6.20. The Morgan fingerprint density at radius 3 is 1.27 bits per heavy atom. The van der Waals surface area contributed by atoms with Crippen LogP contribution < -0.4 is 0 Å². The normalized spacial score (nSPS) is 12.0. The summed E-state index contributed by atoms with van der Waals surface area (Å²) in [6.07, 6.45) is 16.6. The van der Waals surface area contributed by atoms with E-state index in [0.717, 1.165) is 12.8 Å². The van der Waals surface area contributed by atoms with Gasteiger partial charge in [0.1, 0.15) is 0 Å². The van der Waals surface area contributed by atoms with Crippen molar-refractivity contribution < 1.29 is 9.09 Å². The Morgan fingerprint density at radius 2 is 0.955 bits per heavy atom. The average Bonchev–Trinajstić information content (AvgIpc) is 2.45. The van der Waals surface area contributed by atoms with E-state index in [1.165, 1.54) is 83.5 Å². The van der Waals surface area contributed by atoms with Gasteiger partial charge in [0.25, 0.3) is 0 Å². The van der Waals surface area contributed by atoms with Crippen LogP contribution in [0.2, 0.25) is 0 Å². The van der Waals surface area contributed by atoms with Crippen molar-refractivity contribution in [3.8, 4) is 0 Å². The first-order valence-corrected chi connectivity index (χ1v) is 12.6. The fraction of sp³-hybridized carbons (Fsp3) is 1.00. The Bertz CT molecular complexity index is 269. The van der Waals surface area contributed by atoms with Gasteiger partial charge >= 0.3 is 6.07 Å². The molecule has 0 aliphatic heterocycles. The van der Waals surface area contributed by atoms with Crippen molar-refractivity contribution in [2.75, 3.05) is 6.61 Å². The highest BCUT2D eigenvalue weighted by atomic mass is 35.9. The summed E-state index contributed by atoms with van der Waals surface area (Å²) in [6.45, 7) is 2.67. The average molecular weight is 373 g/mol. The van der Waals surface area contributed by atoms with Crippen molar-refractivity contribution in [3.63, 3.8) is 0 Å². The second kappa shape index (κ2) is 16.6. The van der Waals surface area contributed by atoms with Gasteiger partial charge in [-0.2, -0.15) is 0 Å². The maximum Gasteiger partial charge on any atom is 0.380 e. The van der Waals surface area contributed by atoms with Crippen molar-refractivity contribution in [3.05, 3.63) is 0 Å². The SMILES string of the molecule is CCCCCCCCCCCCCCCCCOP(=O)(Cl)Cl. The molecule has 2 nitrogen and oxygen atoms in total. The van der Waals surface area contributed by atoms with Crippen LogP contribution in [0.5, 0.6) is 0 Å². The molecule has 0 aromatic rings. The van der Waals surface area contributed by atoms with Crippen LogP contribution in [-0.4, -0.2) is 6.61 Å². The van der Waals surface area contributed by atoms with Gasteiger partial charge < -0.3 is 4.52 Å². The standard InChI is InChI=1S/C17H35Cl2O2P/c1-2-3-4-5-6-7-8-9-10-11-12-13-14-15-16-17-21-22(18,19)20/h2-17H2,1H3. The molecule has 5 heteroatoms. The molecule has 0 heterocycles. The van der Waals surface area contributed by atoms with Crippen molar-refractivity contribution in [2.24, 2.45) is 0 Å². The molecular formula is C17H35Cl2O2P. The third kappa shape index (κ3) is 20.8. The summed E-state index contributed by atoms with van der Waals surface area (Å²) in [4.78, 5) is 0. The summed E-state index contributed by atoms with van der Waals surface area (Å²) < 4.78 is 15.7. The van der Waals surface area contributed by atoms with Crippen molar-refractivity contribution >= 4 is 28.6 Å². The summed E-state index contributed by atoms with van der Waals surface area (Å²) >= 11 is 10.6. The van der Waals surface area contributed by atoms with Crippen LogP contribution in [-0.2, 0) is 9.09 Å². The van der Waals surface area contributed by atoms with Crippen molar-refractivity contribution in [1.82, 2.24) is 0 Å². The number of hydrogen-bond acceptors (Lipinski definition) is 2. The molecular weight excluding hydrogens is 338 g/mol. The van der Waals surface area contributed by atoms with Gasteiger partial charge in [0.15, 0.2) is 0 Å². The van der Waals surface area contributed by atoms with Gasteiger partial charge in [-0.05, 0) is 28.9 Å². The minimum Gasteiger partial charge on any atom is -0.306 e. The van der Waals surface area contributed by atoms with Crippen molar-refractivity contribution in [1.29, 1.82) is 0 Å². The minimum absolute atomic E-state index is 0.405. The first-order chi connectivity index (χ1) is 10.6. The quantitative estimate of drug-likeness (QED) is 0.189. The highest BCUT2D eigenvalue weighted by molar-refractivity contribution is 8.05. The van der Waals surface area contributed by atoms with Crippen LogP contribution in [0.4, 0.5) is 0 Å². The van der Waals surface area contributed by atoms with E-state index in [-0.39, 0.29) is 0 Å². The Balaban J connectivity index is 3.01. The van der Waals surface area contributed by atoms with Gasteiger partial charge in [0, 0.05) is 0 Å². The van der Waals surface area contributed by atoms with E-state index >= 15 is 0 Å². The third-order valence-corrected chi connectivity index (χ3v) is 5.06. The monoisotopic (exact) mass is 372 g/mol. The first kappa shape index (κ1) is 22.8. The lowest BCUT2D eigenvalue weighted by Crippen LogP contribution is -1.88. The molecule has 0 rings (SSSR count). The van der Waals surface area contributed by atoms with E-state index in [9.17, 15) is 4.57 Å². The van der Waals surface area contributed by atoms with Gasteiger partial charge in [-0.1, -0.05) is 96.8 Å². The van der Waals surface area contributed by atoms with E-state index in [4.69, 9.17) is 27.0 Å². The lowest BCUT2D eigenvalue weighted by atomic mass is 10.0. The molecule has 22 heavy (non-hydrogen) atoms. The summed E-state index contributed by atoms with van der Waals surface area (Å²) in [7, 11) is 0. The molecule has 0 fully saturated rings. The molecule has 0 spiro atoms. The Labute approximate surface area is 147 Å². The summed E-state index contributed by atoms with van der Waals surface area (Å²) in [5, 5.41) is 0. The molecule has 0 unspecified atom stereocenters. The lowest BCUT2D eigenvalue weighted by Gasteiger charge is -2.04. The molecule has 0 amide bonds. The molecule has 0 saturated carbocycles. The summed E-state index contributed by atoms with van der Waals surface area (Å²) in [5.41, 5.74) is 0.